The lowest BCUT2D eigenvalue weighted by atomic mass is 9.46. The predicted molar refractivity (Wildman–Crippen MR) is 124 cm³/mol. The van der Waals surface area contributed by atoms with E-state index in [4.69, 9.17) is 14.2 Å². The van der Waals surface area contributed by atoms with E-state index >= 15 is 0 Å². The van der Waals surface area contributed by atoms with E-state index in [0.29, 0.717) is 0 Å². The molecular formula is C28H32O9. The van der Waals surface area contributed by atoms with E-state index in [2.05, 4.69) is 0 Å². The van der Waals surface area contributed by atoms with E-state index in [1.54, 1.807) is 19.9 Å². The van der Waals surface area contributed by atoms with Crippen molar-refractivity contribution < 1.29 is 43.6 Å². The van der Waals surface area contributed by atoms with Gasteiger partial charge in [-0.1, -0.05) is 32.1 Å². The molecule has 9 heteroatoms. The number of carbonyl (C=O) groups excluding carboxylic acids is 4. The standard InChI is InChI=1S/C28H32O9/c1-13-21(31)35-18-12-23(13,2)19-20(30)27(34)16-9-8-14-6-5-7-17(29)24(14,3)15(16)10-11-26(33)22(32)36-25(18,4)28(19,26)37-27/h5-6,8,13,15-16,18-19,33-34H,7,9-12H2,1-4H3/t13-,15?,16?,18-,19?,23-,24+,25+,26-,27+,28+/m1/s1. The Morgan fingerprint density at radius 1 is 1.05 bits per heavy atom. The van der Waals surface area contributed by atoms with Crippen LogP contribution in [0.3, 0.4) is 0 Å². The van der Waals surface area contributed by atoms with Gasteiger partial charge in [0.05, 0.1) is 17.3 Å². The van der Waals surface area contributed by atoms with E-state index < -0.39 is 80.9 Å². The van der Waals surface area contributed by atoms with Crippen LogP contribution in [0.4, 0.5) is 0 Å². The highest BCUT2D eigenvalue weighted by atomic mass is 16.7. The fourth-order valence-electron chi connectivity index (χ4n) is 9.44. The van der Waals surface area contributed by atoms with Gasteiger partial charge in [-0.2, -0.15) is 0 Å². The monoisotopic (exact) mass is 512 g/mol. The average Bonchev–Trinajstić information content (AvgIpc) is 3.19. The summed E-state index contributed by atoms with van der Waals surface area (Å²) in [5.41, 5.74) is -7.19. The van der Waals surface area contributed by atoms with Crippen molar-refractivity contribution in [2.24, 2.45) is 34.5 Å². The molecule has 0 radical (unpaired) electrons. The molecule has 7 rings (SSSR count). The van der Waals surface area contributed by atoms with Gasteiger partial charge in [0.25, 0.3) is 0 Å². The van der Waals surface area contributed by atoms with E-state index in [9.17, 15) is 29.4 Å². The molecule has 4 heterocycles. The van der Waals surface area contributed by atoms with Crippen LogP contribution in [0.15, 0.2) is 23.8 Å². The Labute approximate surface area is 214 Å². The Hall–Kier alpha value is -2.36. The molecular weight excluding hydrogens is 480 g/mol. The minimum absolute atomic E-state index is 0.0426. The number of ketones is 2. The summed E-state index contributed by atoms with van der Waals surface area (Å²) >= 11 is 0. The van der Waals surface area contributed by atoms with Crippen LogP contribution < -0.4 is 0 Å². The minimum atomic E-state index is -2.39. The molecule has 5 fully saturated rings. The summed E-state index contributed by atoms with van der Waals surface area (Å²) in [6.45, 7) is 6.80. The van der Waals surface area contributed by atoms with Crippen LogP contribution in [0.2, 0.25) is 0 Å². The van der Waals surface area contributed by atoms with Crippen LogP contribution in [0.5, 0.6) is 0 Å². The smallest absolute Gasteiger partial charge is 0.342 e. The van der Waals surface area contributed by atoms with Crippen molar-refractivity contribution in [2.75, 3.05) is 0 Å². The number of esters is 2. The Bertz CT molecular complexity index is 1270. The lowest BCUT2D eigenvalue weighted by Crippen LogP contribution is -2.78. The highest BCUT2D eigenvalue weighted by Gasteiger charge is 2.91. The van der Waals surface area contributed by atoms with Crippen molar-refractivity contribution in [3.05, 3.63) is 23.8 Å². The number of hydrogen-bond acceptors (Lipinski definition) is 9. The van der Waals surface area contributed by atoms with Crippen molar-refractivity contribution in [3.63, 3.8) is 0 Å². The Balaban J connectivity index is 1.50. The number of ether oxygens (including phenoxy) is 3. The first kappa shape index (κ1) is 23.7. The zero-order valence-corrected chi connectivity index (χ0v) is 21.4. The first-order valence-electron chi connectivity index (χ1n) is 13.3. The molecule has 4 saturated heterocycles. The summed E-state index contributed by atoms with van der Waals surface area (Å²) in [7, 11) is 0. The topological polar surface area (TPSA) is 136 Å². The molecule has 7 aliphatic rings. The average molecular weight is 513 g/mol. The first-order chi connectivity index (χ1) is 17.2. The molecule has 1 saturated carbocycles. The normalized spacial score (nSPS) is 57.4. The Morgan fingerprint density at radius 3 is 2.51 bits per heavy atom. The van der Waals surface area contributed by atoms with Gasteiger partial charge in [-0.15, -0.1) is 0 Å². The van der Waals surface area contributed by atoms with Crippen LogP contribution in [-0.2, 0) is 33.4 Å². The van der Waals surface area contributed by atoms with Crippen molar-refractivity contribution in [2.45, 2.75) is 88.5 Å². The van der Waals surface area contributed by atoms with E-state index in [0.717, 1.165) is 5.57 Å². The van der Waals surface area contributed by atoms with Gasteiger partial charge in [-0.25, -0.2) is 4.79 Å². The second-order valence-electron chi connectivity index (χ2n) is 12.9. The number of rotatable bonds is 0. The minimum Gasteiger partial charge on any atom is -0.458 e. The van der Waals surface area contributed by atoms with Gasteiger partial charge < -0.3 is 24.4 Å². The molecule has 0 aromatic heterocycles. The zero-order chi connectivity index (χ0) is 26.6. The van der Waals surface area contributed by atoms with Gasteiger partial charge in [-0.3, -0.25) is 14.4 Å². The van der Waals surface area contributed by atoms with Gasteiger partial charge in [0.2, 0.25) is 5.79 Å². The lowest BCUT2D eigenvalue weighted by molar-refractivity contribution is -0.346. The fourth-order valence-corrected chi connectivity index (χ4v) is 9.44. The molecule has 9 nitrogen and oxygen atoms in total. The Morgan fingerprint density at radius 2 is 1.78 bits per heavy atom. The number of Topliss-reactive ketones (excluding diaryl/α,β-unsaturated/α-hetero) is 2. The van der Waals surface area contributed by atoms with Crippen molar-refractivity contribution in [1.29, 1.82) is 0 Å². The van der Waals surface area contributed by atoms with Gasteiger partial charge in [-0.05, 0) is 56.4 Å². The number of allylic oxidation sites excluding steroid dienone is 4. The highest BCUT2D eigenvalue weighted by Crippen LogP contribution is 2.73. The van der Waals surface area contributed by atoms with Crippen molar-refractivity contribution >= 4 is 23.5 Å². The molecule has 37 heavy (non-hydrogen) atoms. The molecule has 11 atom stereocenters. The summed E-state index contributed by atoms with van der Waals surface area (Å²) in [5, 5.41) is 24.6. The van der Waals surface area contributed by atoms with Crippen LogP contribution in [0.25, 0.3) is 0 Å². The summed E-state index contributed by atoms with van der Waals surface area (Å²) in [6.07, 6.45) is 5.45. The van der Waals surface area contributed by atoms with Crippen molar-refractivity contribution in [1.82, 2.24) is 0 Å². The molecule has 0 aromatic carbocycles. The number of aliphatic hydroxyl groups is 2. The third-order valence-corrected chi connectivity index (χ3v) is 11.8. The number of hydrogen-bond donors (Lipinski definition) is 2. The third-order valence-electron chi connectivity index (χ3n) is 11.8. The molecule has 3 aliphatic carbocycles. The van der Waals surface area contributed by atoms with E-state index in [1.807, 2.05) is 19.1 Å². The second kappa shape index (κ2) is 6.43. The van der Waals surface area contributed by atoms with Gasteiger partial charge >= 0.3 is 11.9 Å². The first-order valence-corrected chi connectivity index (χ1v) is 13.3. The summed E-state index contributed by atoms with van der Waals surface area (Å²) in [4.78, 5) is 54.5. The third kappa shape index (κ3) is 2.17. The maximum atomic E-state index is 14.6. The van der Waals surface area contributed by atoms with Gasteiger partial charge in [0, 0.05) is 12.3 Å². The maximum Gasteiger partial charge on any atom is 0.342 e. The summed E-state index contributed by atoms with van der Waals surface area (Å²) in [6, 6.07) is 0. The summed E-state index contributed by atoms with van der Waals surface area (Å²) < 4.78 is 18.1. The second-order valence-corrected chi connectivity index (χ2v) is 12.9. The fraction of sp³-hybridized carbons (Fsp3) is 0.714. The van der Waals surface area contributed by atoms with Crippen LogP contribution in [0, 0.1) is 34.5 Å². The zero-order valence-electron chi connectivity index (χ0n) is 21.4. The van der Waals surface area contributed by atoms with Gasteiger partial charge in [0.15, 0.2) is 22.6 Å². The Kier molecular flexibility index (Phi) is 4.13. The predicted octanol–water partition coefficient (Wildman–Crippen LogP) is 1.54. The van der Waals surface area contributed by atoms with Crippen LogP contribution in [0.1, 0.15) is 59.8 Å². The van der Waals surface area contributed by atoms with E-state index in [1.165, 1.54) is 6.92 Å². The molecule has 3 unspecified atom stereocenters. The van der Waals surface area contributed by atoms with Crippen molar-refractivity contribution in [3.8, 4) is 0 Å². The maximum absolute atomic E-state index is 14.6. The molecule has 198 valence electrons. The molecule has 1 spiro atoms. The highest BCUT2D eigenvalue weighted by molar-refractivity contribution is 5.99. The molecule has 2 N–H and O–H groups in total. The SMILES string of the molecule is C[C@@H]1C(=O)O[C@@H]2C[C@@]1(C)C1C(=O)[C@@]3(O)O[C@@]14[C@@](O)(CCC1C3CC=C3C=CCC(=O)[C@@]31C)C(=O)O[C@@]24C. The van der Waals surface area contributed by atoms with Gasteiger partial charge in [0.1, 0.15) is 11.9 Å². The van der Waals surface area contributed by atoms with Crippen LogP contribution >= 0.6 is 0 Å². The molecule has 4 bridgehead atoms. The summed E-state index contributed by atoms with van der Waals surface area (Å²) in [5.74, 6) is -7.88. The number of fused-ring (bicyclic) bond motifs is 9. The van der Waals surface area contributed by atoms with Crippen LogP contribution in [-0.4, -0.2) is 62.4 Å². The number of carbonyl (C=O) groups is 4. The molecule has 0 amide bonds. The van der Waals surface area contributed by atoms with E-state index in [-0.39, 0.29) is 37.9 Å². The quantitative estimate of drug-likeness (QED) is 0.463. The molecule has 0 aromatic rings. The lowest BCUT2D eigenvalue weighted by Gasteiger charge is -2.61. The molecule has 4 aliphatic heterocycles. The largest absolute Gasteiger partial charge is 0.458 e.